The molecule has 2 heterocycles. The highest BCUT2D eigenvalue weighted by Crippen LogP contribution is 2.50. The molecule has 0 aliphatic rings. The molecule has 2 heteroatoms. The van der Waals surface area contributed by atoms with E-state index in [1.165, 1.54) is 73.4 Å². The Kier molecular flexibility index (Phi) is 4.36. The van der Waals surface area contributed by atoms with E-state index in [0.29, 0.717) is 0 Å². The van der Waals surface area contributed by atoms with Crippen molar-refractivity contribution in [2.75, 3.05) is 0 Å². The Labute approximate surface area is 216 Å². The minimum atomic E-state index is 1.28. The summed E-state index contributed by atoms with van der Waals surface area (Å²) in [6.07, 6.45) is 0. The molecule has 0 saturated carbocycles. The first-order valence-corrected chi connectivity index (χ1v) is 13.8. The van der Waals surface area contributed by atoms with E-state index in [-0.39, 0.29) is 0 Å². The van der Waals surface area contributed by atoms with E-state index in [4.69, 9.17) is 0 Å². The third kappa shape index (κ3) is 2.86. The van der Waals surface area contributed by atoms with Gasteiger partial charge in [-0.25, -0.2) is 0 Å². The highest BCUT2D eigenvalue weighted by Gasteiger charge is 2.20. The number of thiophene rings is 2. The van der Waals surface area contributed by atoms with Crippen molar-refractivity contribution in [1.82, 2.24) is 0 Å². The van der Waals surface area contributed by atoms with E-state index in [1.807, 2.05) is 22.7 Å². The van der Waals surface area contributed by atoms with Gasteiger partial charge in [-0.3, -0.25) is 0 Å². The number of hydrogen-bond donors (Lipinski definition) is 0. The first-order chi connectivity index (χ1) is 17.9. The van der Waals surface area contributed by atoms with E-state index in [1.54, 1.807) is 0 Å². The average Bonchev–Trinajstić information content (AvgIpc) is 3.49. The topological polar surface area (TPSA) is 0 Å². The van der Waals surface area contributed by atoms with Crippen molar-refractivity contribution in [3.8, 4) is 22.3 Å². The molecule has 0 unspecified atom stereocenters. The van der Waals surface area contributed by atoms with Gasteiger partial charge in [0, 0.05) is 51.5 Å². The summed E-state index contributed by atoms with van der Waals surface area (Å²) in [4.78, 5) is 0. The van der Waals surface area contributed by atoms with E-state index < -0.39 is 0 Å². The summed E-state index contributed by atoms with van der Waals surface area (Å²) >= 11 is 3.83. The van der Waals surface area contributed by atoms with Gasteiger partial charge in [0.05, 0.1) is 0 Å². The largest absolute Gasteiger partial charge is 0.135 e. The predicted molar refractivity (Wildman–Crippen MR) is 161 cm³/mol. The molecular formula is C34H20S2. The molecule has 0 saturated heterocycles. The van der Waals surface area contributed by atoms with Crippen LogP contribution in [-0.2, 0) is 0 Å². The Bertz CT molecular complexity index is 1920. The molecule has 0 fully saturated rings. The molecule has 0 N–H and O–H groups in total. The van der Waals surface area contributed by atoms with Gasteiger partial charge in [0.2, 0.25) is 0 Å². The van der Waals surface area contributed by atoms with Crippen LogP contribution in [0.25, 0.3) is 73.4 Å². The lowest BCUT2D eigenvalue weighted by Gasteiger charge is -2.15. The molecule has 8 rings (SSSR count). The maximum absolute atomic E-state index is 2.46. The second-order valence-electron chi connectivity index (χ2n) is 9.28. The van der Waals surface area contributed by atoms with E-state index in [0.717, 1.165) is 0 Å². The van der Waals surface area contributed by atoms with Crippen molar-refractivity contribution >= 4 is 73.8 Å². The van der Waals surface area contributed by atoms with Crippen LogP contribution in [-0.4, -0.2) is 0 Å². The van der Waals surface area contributed by atoms with Crippen molar-refractivity contribution < 1.29 is 0 Å². The normalized spacial score (nSPS) is 11.9. The highest BCUT2D eigenvalue weighted by molar-refractivity contribution is 7.27. The SMILES string of the molecule is c1ccc(-c2c3cc4c(sc5ccccc54)c(-c4ccccc4)c3cc3c2sc2ccccc23)cc1. The third-order valence-electron chi connectivity index (χ3n) is 7.25. The fraction of sp³-hybridized carbons (Fsp3) is 0. The Morgan fingerprint density at radius 1 is 0.333 bits per heavy atom. The number of fused-ring (bicyclic) bond motifs is 7. The molecule has 2 aromatic heterocycles. The third-order valence-corrected chi connectivity index (χ3v) is 9.66. The van der Waals surface area contributed by atoms with Crippen LogP contribution in [0.1, 0.15) is 0 Å². The summed E-state index contributed by atoms with van der Waals surface area (Å²) in [6.45, 7) is 0. The summed E-state index contributed by atoms with van der Waals surface area (Å²) in [7, 11) is 0. The fourth-order valence-corrected chi connectivity index (χ4v) is 8.20. The second-order valence-corrected chi connectivity index (χ2v) is 11.4. The standard InChI is InChI=1S/C34H20S2/c1-3-11-21(12-4-1)31-25-19-28-24-16-8-10-18-30(24)36-34(28)32(22-13-5-2-6-14-22)26(25)20-27-23-15-7-9-17-29(23)35-33(27)31/h1-20H. The van der Waals surface area contributed by atoms with Crippen molar-refractivity contribution in [2.45, 2.75) is 0 Å². The quantitative estimate of drug-likeness (QED) is 0.225. The molecule has 0 spiro atoms. The Morgan fingerprint density at radius 2 is 0.722 bits per heavy atom. The summed E-state index contributed by atoms with van der Waals surface area (Å²) in [6, 6.07) is 44.5. The van der Waals surface area contributed by atoms with Gasteiger partial charge < -0.3 is 0 Å². The molecule has 0 bridgehead atoms. The highest BCUT2D eigenvalue weighted by atomic mass is 32.1. The van der Waals surface area contributed by atoms with Crippen LogP contribution < -0.4 is 0 Å². The lowest BCUT2D eigenvalue weighted by molar-refractivity contribution is 1.68. The summed E-state index contributed by atoms with van der Waals surface area (Å²) in [5.74, 6) is 0. The maximum atomic E-state index is 2.46. The Morgan fingerprint density at radius 3 is 1.17 bits per heavy atom. The van der Waals surface area contributed by atoms with Crippen LogP contribution in [0.5, 0.6) is 0 Å². The van der Waals surface area contributed by atoms with Gasteiger partial charge in [0.25, 0.3) is 0 Å². The zero-order valence-electron chi connectivity index (χ0n) is 19.4. The second kappa shape index (κ2) is 7.76. The molecule has 0 aliphatic heterocycles. The number of rotatable bonds is 2. The van der Waals surface area contributed by atoms with Gasteiger partial charge >= 0.3 is 0 Å². The van der Waals surface area contributed by atoms with Gasteiger partial charge in [-0.2, -0.15) is 0 Å². The van der Waals surface area contributed by atoms with Gasteiger partial charge in [-0.05, 0) is 46.2 Å². The molecule has 168 valence electrons. The van der Waals surface area contributed by atoms with Crippen LogP contribution in [0.2, 0.25) is 0 Å². The lowest BCUT2D eigenvalue weighted by Crippen LogP contribution is -1.87. The van der Waals surface area contributed by atoms with Crippen LogP contribution in [0.15, 0.2) is 121 Å². The zero-order valence-corrected chi connectivity index (χ0v) is 21.0. The van der Waals surface area contributed by atoms with Gasteiger partial charge in [-0.15, -0.1) is 22.7 Å². The minimum absolute atomic E-state index is 1.28. The number of hydrogen-bond acceptors (Lipinski definition) is 2. The molecule has 0 amide bonds. The first kappa shape index (κ1) is 20.2. The predicted octanol–water partition coefficient (Wildman–Crippen LogP) is 10.9. The Hall–Kier alpha value is -3.98. The molecule has 8 aromatic rings. The minimum Gasteiger partial charge on any atom is -0.135 e. The van der Waals surface area contributed by atoms with Gasteiger partial charge in [0.1, 0.15) is 0 Å². The smallest absolute Gasteiger partial charge is 0.0440 e. The van der Waals surface area contributed by atoms with Gasteiger partial charge in [-0.1, -0.05) is 97.1 Å². The maximum Gasteiger partial charge on any atom is 0.0440 e. The molecule has 36 heavy (non-hydrogen) atoms. The average molecular weight is 493 g/mol. The van der Waals surface area contributed by atoms with E-state index in [2.05, 4.69) is 121 Å². The van der Waals surface area contributed by atoms with Crippen molar-refractivity contribution in [1.29, 1.82) is 0 Å². The van der Waals surface area contributed by atoms with Crippen molar-refractivity contribution in [3.63, 3.8) is 0 Å². The van der Waals surface area contributed by atoms with Gasteiger partial charge in [0.15, 0.2) is 0 Å². The summed E-state index contributed by atoms with van der Waals surface area (Å²) < 4.78 is 5.42. The van der Waals surface area contributed by atoms with Crippen LogP contribution in [0, 0.1) is 0 Å². The molecule has 0 aliphatic carbocycles. The number of benzene rings is 6. The van der Waals surface area contributed by atoms with Crippen LogP contribution in [0.3, 0.4) is 0 Å². The lowest BCUT2D eigenvalue weighted by atomic mass is 9.89. The Balaban J connectivity index is 1.68. The molecule has 0 radical (unpaired) electrons. The zero-order chi connectivity index (χ0) is 23.6. The summed E-state index contributed by atoms with van der Waals surface area (Å²) in [5.41, 5.74) is 5.24. The first-order valence-electron chi connectivity index (χ1n) is 12.2. The molecular weight excluding hydrogens is 473 g/mol. The van der Waals surface area contributed by atoms with Crippen molar-refractivity contribution in [3.05, 3.63) is 121 Å². The van der Waals surface area contributed by atoms with E-state index in [9.17, 15) is 0 Å². The monoisotopic (exact) mass is 492 g/mol. The molecule has 0 nitrogen and oxygen atoms in total. The summed E-state index contributed by atoms with van der Waals surface area (Å²) in [5, 5.41) is 8.03. The molecule has 0 atom stereocenters. The molecule has 6 aromatic carbocycles. The van der Waals surface area contributed by atoms with Crippen molar-refractivity contribution in [2.24, 2.45) is 0 Å². The fourth-order valence-electron chi connectivity index (χ4n) is 5.67. The van der Waals surface area contributed by atoms with Crippen LogP contribution >= 0.6 is 22.7 Å². The van der Waals surface area contributed by atoms with E-state index >= 15 is 0 Å². The van der Waals surface area contributed by atoms with Crippen LogP contribution in [0.4, 0.5) is 0 Å².